The number of methoxy groups -OCH3 is 1. The van der Waals surface area contributed by atoms with Crippen molar-refractivity contribution in [1.29, 1.82) is 5.26 Å². The second-order valence-electron chi connectivity index (χ2n) is 7.01. The molecular weight excluding hydrogens is 376 g/mol. The fourth-order valence-electron chi connectivity index (χ4n) is 4.11. The minimum absolute atomic E-state index is 0.0704. The van der Waals surface area contributed by atoms with Gasteiger partial charge >= 0.3 is 0 Å². The molecular formula is C24H18N4O2. The molecule has 0 spiro atoms. The van der Waals surface area contributed by atoms with E-state index in [2.05, 4.69) is 16.3 Å². The average Bonchev–Trinajstić information content (AvgIpc) is 3.21. The number of hydrogen-bond acceptors (Lipinski definition) is 5. The van der Waals surface area contributed by atoms with E-state index in [-0.39, 0.29) is 5.88 Å². The summed E-state index contributed by atoms with van der Waals surface area (Å²) >= 11 is 0. The monoisotopic (exact) mass is 394 g/mol. The van der Waals surface area contributed by atoms with Gasteiger partial charge in [0.2, 0.25) is 11.8 Å². The van der Waals surface area contributed by atoms with Crippen LogP contribution in [0.25, 0.3) is 22.0 Å². The normalized spacial score (nSPS) is 15.4. The van der Waals surface area contributed by atoms with Crippen molar-refractivity contribution in [2.75, 3.05) is 7.11 Å². The number of fused-ring (bicyclic) bond motifs is 2. The maximum Gasteiger partial charge on any atom is 0.244 e. The Balaban J connectivity index is 1.82. The summed E-state index contributed by atoms with van der Waals surface area (Å²) in [4.78, 5) is 0. The topological polar surface area (TPSA) is 96.9 Å². The van der Waals surface area contributed by atoms with E-state index in [1.807, 2.05) is 66.7 Å². The van der Waals surface area contributed by atoms with Crippen molar-refractivity contribution in [2.45, 2.75) is 5.92 Å². The number of nitrogens with zero attached hydrogens (tertiary/aromatic N) is 2. The van der Waals surface area contributed by atoms with Crippen LogP contribution in [-0.4, -0.2) is 17.3 Å². The van der Waals surface area contributed by atoms with Gasteiger partial charge in [-0.05, 0) is 22.6 Å². The number of nitriles is 1. The second kappa shape index (κ2) is 6.98. The Morgan fingerprint density at radius 3 is 2.50 bits per heavy atom. The molecule has 0 fully saturated rings. The van der Waals surface area contributed by atoms with E-state index in [9.17, 15) is 5.26 Å². The third kappa shape index (κ3) is 2.60. The molecule has 1 atom stereocenters. The van der Waals surface area contributed by atoms with Gasteiger partial charge in [-0.25, -0.2) is 0 Å². The molecule has 3 aromatic carbocycles. The lowest BCUT2D eigenvalue weighted by molar-refractivity contribution is 0.379. The number of nitrogens with two attached hydrogens (primary N) is 1. The van der Waals surface area contributed by atoms with Crippen molar-refractivity contribution in [3.8, 4) is 29.0 Å². The van der Waals surface area contributed by atoms with Crippen LogP contribution in [0.4, 0.5) is 0 Å². The molecule has 0 unspecified atom stereocenters. The Bertz CT molecular complexity index is 1330. The van der Waals surface area contributed by atoms with Crippen LogP contribution in [0.2, 0.25) is 0 Å². The summed E-state index contributed by atoms with van der Waals surface area (Å²) in [5, 5.41) is 19.3. The molecule has 1 aliphatic heterocycles. The zero-order chi connectivity index (χ0) is 20.7. The number of hydrogen-bond donors (Lipinski definition) is 2. The van der Waals surface area contributed by atoms with E-state index in [4.69, 9.17) is 15.2 Å². The summed E-state index contributed by atoms with van der Waals surface area (Å²) < 4.78 is 11.3. The van der Waals surface area contributed by atoms with Crippen LogP contribution in [0.1, 0.15) is 17.0 Å². The second-order valence-corrected chi connectivity index (χ2v) is 7.01. The largest absolute Gasteiger partial charge is 0.496 e. The van der Waals surface area contributed by atoms with Crippen LogP contribution < -0.4 is 15.2 Å². The molecule has 0 radical (unpaired) electrons. The van der Waals surface area contributed by atoms with Crippen molar-refractivity contribution in [2.24, 2.45) is 5.73 Å². The van der Waals surface area contributed by atoms with Gasteiger partial charge in [0.15, 0.2) is 0 Å². The Morgan fingerprint density at radius 2 is 1.77 bits per heavy atom. The lowest BCUT2D eigenvalue weighted by Crippen LogP contribution is -2.21. The number of nitrogens with one attached hydrogen (secondary N) is 1. The zero-order valence-corrected chi connectivity index (χ0v) is 16.2. The van der Waals surface area contributed by atoms with Gasteiger partial charge in [-0.2, -0.15) is 5.26 Å². The van der Waals surface area contributed by atoms with E-state index < -0.39 is 5.92 Å². The number of aromatic nitrogens is 2. The Labute approximate surface area is 173 Å². The highest BCUT2D eigenvalue weighted by Gasteiger charge is 2.36. The molecule has 0 bridgehead atoms. The number of benzene rings is 3. The number of allylic oxidation sites excluding steroid dienone is 1. The molecule has 0 saturated carbocycles. The Kier molecular flexibility index (Phi) is 4.15. The molecule has 6 nitrogen and oxygen atoms in total. The lowest BCUT2D eigenvalue weighted by atomic mass is 9.81. The van der Waals surface area contributed by atoms with Crippen molar-refractivity contribution in [3.63, 3.8) is 0 Å². The summed E-state index contributed by atoms with van der Waals surface area (Å²) in [5.41, 5.74) is 9.98. The van der Waals surface area contributed by atoms with E-state index >= 15 is 0 Å². The van der Waals surface area contributed by atoms with Crippen LogP contribution in [0.5, 0.6) is 11.6 Å². The maximum atomic E-state index is 9.97. The third-order valence-electron chi connectivity index (χ3n) is 5.45. The molecule has 1 aromatic heterocycles. The summed E-state index contributed by atoms with van der Waals surface area (Å²) in [6, 6.07) is 24.0. The quantitative estimate of drug-likeness (QED) is 0.535. The summed E-state index contributed by atoms with van der Waals surface area (Å²) in [6.45, 7) is 0. The summed E-state index contributed by atoms with van der Waals surface area (Å²) in [6.07, 6.45) is 0. The smallest absolute Gasteiger partial charge is 0.244 e. The first-order valence-corrected chi connectivity index (χ1v) is 9.49. The van der Waals surface area contributed by atoms with E-state index in [0.717, 1.165) is 38.9 Å². The van der Waals surface area contributed by atoms with Gasteiger partial charge in [-0.1, -0.05) is 60.7 Å². The van der Waals surface area contributed by atoms with Gasteiger partial charge in [-0.15, -0.1) is 5.10 Å². The molecule has 146 valence electrons. The highest BCUT2D eigenvalue weighted by atomic mass is 16.5. The summed E-state index contributed by atoms with van der Waals surface area (Å²) in [5.74, 6) is 0.798. The van der Waals surface area contributed by atoms with Gasteiger partial charge < -0.3 is 15.2 Å². The van der Waals surface area contributed by atoms with Crippen molar-refractivity contribution in [3.05, 3.63) is 89.3 Å². The zero-order valence-electron chi connectivity index (χ0n) is 16.2. The first-order valence-electron chi connectivity index (χ1n) is 9.49. The number of ether oxygens (including phenoxy) is 2. The van der Waals surface area contributed by atoms with Gasteiger partial charge in [0.1, 0.15) is 17.4 Å². The van der Waals surface area contributed by atoms with Gasteiger partial charge in [0.05, 0.1) is 24.3 Å². The minimum atomic E-state index is -0.427. The predicted molar refractivity (Wildman–Crippen MR) is 114 cm³/mol. The maximum absolute atomic E-state index is 9.97. The number of rotatable bonds is 3. The van der Waals surface area contributed by atoms with E-state index in [1.54, 1.807) is 7.11 Å². The predicted octanol–water partition coefficient (Wildman–Crippen LogP) is 4.46. The molecule has 4 aromatic rings. The molecule has 5 rings (SSSR count). The molecule has 3 N–H and O–H groups in total. The van der Waals surface area contributed by atoms with Gasteiger partial charge in [-0.3, -0.25) is 5.10 Å². The molecule has 2 heterocycles. The SMILES string of the molecule is COc1ccc([C@H]2C(C#N)=C(N)Oc3n[nH]c(-c4ccccc4)c32)c2ccccc12. The first kappa shape index (κ1) is 17.8. The van der Waals surface area contributed by atoms with Crippen molar-refractivity contribution >= 4 is 10.8 Å². The van der Waals surface area contributed by atoms with Crippen LogP contribution in [0, 0.1) is 11.3 Å². The molecule has 1 aliphatic rings. The van der Waals surface area contributed by atoms with Gasteiger partial charge in [0.25, 0.3) is 0 Å². The van der Waals surface area contributed by atoms with E-state index in [0.29, 0.717) is 11.5 Å². The Morgan fingerprint density at radius 1 is 1.03 bits per heavy atom. The molecule has 0 saturated heterocycles. The highest BCUT2D eigenvalue weighted by Crippen LogP contribution is 2.47. The van der Waals surface area contributed by atoms with E-state index in [1.165, 1.54) is 0 Å². The first-order chi connectivity index (χ1) is 14.7. The van der Waals surface area contributed by atoms with Crippen LogP contribution in [0.3, 0.4) is 0 Å². The third-order valence-corrected chi connectivity index (χ3v) is 5.45. The molecule has 6 heteroatoms. The lowest BCUT2D eigenvalue weighted by Gasteiger charge is -2.25. The van der Waals surface area contributed by atoms with Crippen molar-refractivity contribution < 1.29 is 9.47 Å². The van der Waals surface area contributed by atoms with Crippen LogP contribution >= 0.6 is 0 Å². The highest BCUT2D eigenvalue weighted by molar-refractivity contribution is 5.93. The fraction of sp³-hybridized carbons (Fsp3) is 0.0833. The Hall–Kier alpha value is -4.24. The average molecular weight is 394 g/mol. The number of aromatic amines is 1. The number of H-pyrrole nitrogens is 1. The fourth-order valence-corrected chi connectivity index (χ4v) is 4.11. The van der Waals surface area contributed by atoms with Crippen LogP contribution in [-0.2, 0) is 0 Å². The summed E-state index contributed by atoms with van der Waals surface area (Å²) in [7, 11) is 1.65. The molecule has 0 amide bonds. The van der Waals surface area contributed by atoms with Crippen LogP contribution in [0.15, 0.2) is 78.2 Å². The minimum Gasteiger partial charge on any atom is -0.496 e. The van der Waals surface area contributed by atoms with Crippen molar-refractivity contribution in [1.82, 2.24) is 10.2 Å². The molecule has 30 heavy (non-hydrogen) atoms. The molecule has 0 aliphatic carbocycles. The standard InChI is InChI=1S/C24H18N4O2/c1-29-19-12-11-17(15-9-5-6-10-16(15)19)20-18(13-25)23(26)30-24-21(20)22(27-28-24)14-7-3-2-4-8-14/h2-12,20H,26H2,1H3,(H,27,28)/t20-/m0/s1. The van der Waals surface area contributed by atoms with Gasteiger partial charge in [0, 0.05) is 5.39 Å².